The number of rotatable bonds is 1. The molecule has 1 aliphatic rings. The Morgan fingerprint density at radius 2 is 2.20 bits per heavy atom. The summed E-state index contributed by atoms with van der Waals surface area (Å²) in [5, 5.41) is 8.26. The minimum absolute atomic E-state index is 0.0117. The summed E-state index contributed by atoms with van der Waals surface area (Å²) < 4.78 is 0. The Hall–Kier alpha value is -1.12. The van der Waals surface area contributed by atoms with Crippen LogP contribution in [0.2, 0.25) is 0 Å². The van der Waals surface area contributed by atoms with E-state index in [-0.39, 0.29) is 5.78 Å². The Balaban J connectivity index is 2.72. The van der Waals surface area contributed by atoms with Crippen molar-refractivity contribution in [1.29, 1.82) is 0 Å². The third kappa shape index (κ3) is 1.43. The lowest BCUT2D eigenvalue weighted by Gasteiger charge is -1.87. The third-order valence-electron chi connectivity index (χ3n) is 1.51. The minimum Gasteiger partial charge on any atom is -0.478 e. The summed E-state index contributed by atoms with van der Waals surface area (Å²) in [6.45, 7) is 0. The van der Waals surface area contributed by atoms with Gasteiger partial charge < -0.3 is 5.11 Å². The van der Waals surface area contributed by atoms with E-state index in [0.717, 1.165) is 12.5 Å². The summed E-state index contributed by atoms with van der Waals surface area (Å²) in [7, 11) is 0. The number of ketones is 1. The molecule has 1 aliphatic carbocycles. The summed E-state index contributed by atoms with van der Waals surface area (Å²) in [6.07, 6.45) is 2.96. The van der Waals surface area contributed by atoms with E-state index in [1.54, 1.807) is 0 Å². The predicted octanol–water partition coefficient (Wildman–Crippen LogP) is 0.750. The monoisotopic (exact) mass is 140 g/mol. The summed E-state index contributed by atoms with van der Waals surface area (Å²) in [5.41, 5.74) is 0.465. The second-order valence-corrected chi connectivity index (χ2v) is 2.28. The molecule has 0 radical (unpaired) electrons. The second kappa shape index (κ2) is 2.64. The Labute approximate surface area is 58.4 Å². The number of allylic oxidation sites excluding steroid dienone is 1. The van der Waals surface area contributed by atoms with E-state index in [1.165, 1.54) is 0 Å². The van der Waals surface area contributed by atoms with Crippen LogP contribution in [0.4, 0.5) is 0 Å². The highest BCUT2D eigenvalue weighted by molar-refractivity contribution is 6.01. The first-order valence-corrected chi connectivity index (χ1v) is 3.17. The fourth-order valence-electron chi connectivity index (χ4n) is 1.04. The molecule has 0 aromatic rings. The van der Waals surface area contributed by atoms with Crippen molar-refractivity contribution >= 4 is 11.8 Å². The van der Waals surface area contributed by atoms with Crippen LogP contribution in [0, 0.1) is 0 Å². The molecule has 0 bridgehead atoms. The summed E-state index contributed by atoms with van der Waals surface area (Å²) in [6, 6.07) is 0. The molecule has 0 heterocycles. The number of carboxylic acid groups (broad SMARTS) is 1. The number of hydrogen-bond donors (Lipinski definition) is 1. The average Bonchev–Trinajstić information content (AvgIpc) is 2.15. The fourth-order valence-corrected chi connectivity index (χ4v) is 1.04. The van der Waals surface area contributed by atoms with Crippen molar-refractivity contribution in [1.82, 2.24) is 0 Å². The standard InChI is InChI=1S/C7H8O3/c8-6-3-1-2-5(6)4-7(9)10/h4H,1-3H2,(H,9,10). The molecule has 1 saturated carbocycles. The second-order valence-electron chi connectivity index (χ2n) is 2.28. The Morgan fingerprint density at radius 3 is 2.60 bits per heavy atom. The molecule has 3 heteroatoms. The van der Waals surface area contributed by atoms with Crippen LogP contribution in [-0.4, -0.2) is 16.9 Å². The van der Waals surface area contributed by atoms with E-state index < -0.39 is 5.97 Å². The van der Waals surface area contributed by atoms with Gasteiger partial charge in [0, 0.05) is 18.1 Å². The lowest BCUT2D eigenvalue weighted by molar-refractivity contribution is -0.131. The highest BCUT2D eigenvalue weighted by atomic mass is 16.4. The van der Waals surface area contributed by atoms with Crippen LogP contribution in [0.5, 0.6) is 0 Å². The van der Waals surface area contributed by atoms with E-state index >= 15 is 0 Å². The number of carbonyl (C=O) groups excluding carboxylic acids is 1. The summed E-state index contributed by atoms with van der Waals surface area (Å²) in [4.78, 5) is 20.9. The van der Waals surface area contributed by atoms with Crippen molar-refractivity contribution < 1.29 is 14.7 Å². The lowest BCUT2D eigenvalue weighted by atomic mass is 10.2. The van der Waals surface area contributed by atoms with E-state index in [9.17, 15) is 9.59 Å². The van der Waals surface area contributed by atoms with Gasteiger partial charge in [0.05, 0.1) is 0 Å². The number of carbonyl (C=O) groups is 2. The van der Waals surface area contributed by atoms with Crippen LogP contribution in [-0.2, 0) is 9.59 Å². The van der Waals surface area contributed by atoms with Crippen LogP contribution in [0.1, 0.15) is 19.3 Å². The zero-order valence-electron chi connectivity index (χ0n) is 5.46. The van der Waals surface area contributed by atoms with Gasteiger partial charge in [0.15, 0.2) is 5.78 Å². The van der Waals surface area contributed by atoms with Crippen LogP contribution >= 0.6 is 0 Å². The molecule has 0 saturated heterocycles. The van der Waals surface area contributed by atoms with E-state index in [4.69, 9.17) is 5.11 Å². The third-order valence-corrected chi connectivity index (χ3v) is 1.51. The molecule has 54 valence electrons. The predicted molar refractivity (Wildman–Crippen MR) is 34.6 cm³/mol. The number of Topliss-reactive ketones (excluding diaryl/α,β-unsaturated/α-hetero) is 1. The molecule has 0 aromatic heterocycles. The van der Waals surface area contributed by atoms with E-state index in [0.29, 0.717) is 18.4 Å². The van der Waals surface area contributed by atoms with Gasteiger partial charge in [0.1, 0.15) is 0 Å². The maximum Gasteiger partial charge on any atom is 0.328 e. The number of carboxylic acids is 1. The van der Waals surface area contributed by atoms with E-state index in [2.05, 4.69) is 0 Å². The molecule has 3 nitrogen and oxygen atoms in total. The van der Waals surface area contributed by atoms with Crippen molar-refractivity contribution in [2.45, 2.75) is 19.3 Å². The van der Waals surface area contributed by atoms with Crippen LogP contribution < -0.4 is 0 Å². The molecular weight excluding hydrogens is 132 g/mol. The van der Waals surface area contributed by atoms with Gasteiger partial charge in [-0.15, -0.1) is 0 Å². The van der Waals surface area contributed by atoms with Gasteiger partial charge in [-0.3, -0.25) is 4.79 Å². The van der Waals surface area contributed by atoms with Gasteiger partial charge in [-0.05, 0) is 12.8 Å². The molecule has 10 heavy (non-hydrogen) atoms. The molecule has 0 aromatic carbocycles. The maximum atomic E-state index is 10.8. The lowest BCUT2D eigenvalue weighted by Crippen LogP contribution is -1.96. The van der Waals surface area contributed by atoms with Crippen molar-refractivity contribution in [2.75, 3.05) is 0 Å². The van der Waals surface area contributed by atoms with Gasteiger partial charge in [0.25, 0.3) is 0 Å². The van der Waals surface area contributed by atoms with Gasteiger partial charge >= 0.3 is 5.97 Å². The Morgan fingerprint density at radius 1 is 1.50 bits per heavy atom. The zero-order valence-corrected chi connectivity index (χ0v) is 5.46. The normalized spacial score (nSPS) is 22.0. The first-order valence-electron chi connectivity index (χ1n) is 3.17. The summed E-state index contributed by atoms with van der Waals surface area (Å²) in [5.74, 6) is -1.03. The van der Waals surface area contributed by atoms with Gasteiger partial charge in [0.2, 0.25) is 0 Å². The number of hydrogen-bond acceptors (Lipinski definition) is 2. The SMILES string of the molecule is O=C(O)C=C1CCCC1=O. The maximum absolute atomic E-state index is 10.8. The van der Waals surface area contributed by atoms with Crippen molar-refractivity contribution in [3.05, 3.63) is 11.6 Å². The van der Waals surface area contributed by atoms with E-state index in [1.807, 2.05) is 0 Å². The molecule has 0 spiro atoms. The van der Waals surface area contributed by atoms with Crippen molar-refractivity contribution in [3.8, 4) is 0 Å². The first kappa shape index (κ1) is 6.99. The minimum atomic E-state index is -1.02. The Bertz CT molecular complexity index is 203. The fraction of sp³-hybridized carbons (Fsp3) is 0.429. The van der Waals surface area contributed by atoms with Gasteiger partial charge in [-0.2, -0.15) is 0 Å². The largest absolute Gasteiger partial charge is 0.478 e. The highest BCUT2D eigenvalue weighted by Crippen LogP contribution is 2.19. The zero-order chi connectivity index (χ0) is 7.56. The molecular formula is C7H8O3. The van der Waals surface area contributed by atoms with Crippen molar-refractivity contribution in [3.63, 3.8) is 0 Å². The first-order chi connectivity index (χ1) is 4.70. The molecule has 0 unspecified atom stereocenters. The molecule has 0 amide bonds. The molecule has 1 rings (SSSR count). The molecule has 1 N–H and O–H groups in total. The van der Waals surface area contributed by atoms with Crippen LogP contribution in [0.15, 0.2) is 11.6 Å². The van der Waals surface area contributed by atoms with Gasteiger partial charge in [-0.1, -0.05) is 0 Å². The molecule has 1 fully saturated rings. The van der Waals surface area contributed by atoms with Crippen molar-refractivity contribution in [2.24, 2.45) is 0 Å². The highest BCUT2D eigenvalue weighted by Gasteiger charge is 2.17. The quantitative estimate of drug-likeness (QED) is 0.547. The summed E-state index contributed by atoms with van der Waals surface area (Å²) >= 11 is 0. The topological polar surface area (TPSA) is 54.4 Å². The Kier molecular flexibility index (Phi) is 1.85. The van der Waals surface area contributed by atoms with Crippen LogP contribution in [0.3, 0.4) is 0 Å². The van der Waals surface area contributed by atoms with Gasteiger partial charge in [-0.25, -0.2) is 4.79 Å². The number of aliphatic carboxylic acids is 1. The van der Waals surface area contributed by atoms with Crippen LogP contribution in [0.25, 0.3) is 0 Å². The molecule has 0 aliphatic heterocycles. The molecule has 0 atom stereocenters. The average molecular weight is 140 g/mol. The smallest absolute Gasteiger partial charge is 0.328 e.